The van der Waals surface area contributed by atoms with E-state index in [4.69, 9.17) is 0 Å². The molecule has 1 nitrogen and oxygen atoms in total. The Morgan fingerprint density at radius 3 is 3.44 bits per heavy atom. The predicted octanol–water partition coefficient (Wildman–Crippen LogP) is 2.10. The molecule has 0 spiro atoms. The molecule has 2 heteroatoms. The SMILES string of the molecule is [c]1cnc2sccc2c1. The van der Waals surface area contributed by atoms with Gasteiger partial charge in [0.25, 0.3) is 0 Å². The van der Waals surface area contributed by atoms with Crippen molar-refractivity contribution in [3.05, 3.63) is 29.8 Å². The molecule has 0 amide bonds. The molecule has 0 unspecified atom stereocenters. The number of thiophene rings is 1. The Balaban J connectivity index is 2.95. The highest BCUT2D eigenvalue weighted by molar-refractivity contribution is 7.16. The fourth-order valence-corrected chi connectivity index (χ4v) is 1.47. The molecule has 9 heavy (non-hydrogen) atoms. The van der Waals surface area contributed by atoms with E-state index in [1.165, 1.54) is 5.39 Å². The van der Waals surface area contributed by atoms with Crippen molar-refractivity contribution in [3.63, 3.8) is 0 Å². The van der Waals surface area contributed by atoms with Crippen LogP contribution in [-0.4, -0.2) is 4.98 Å². The van der Waals surface area contributed by atoms with Gasteiger partial charge in [-0.1, -0.05) is 0 Å². The van der Waals surface area contributed by atoms with E-state index in [0.717, 1.165) is 4.83 Å². The van der Waals surface area contributed by atoms with Gasteiger partial charge in [-0.25, -0.2) is 4.98 Å². The van der Waals surface area contributed by atoms with Gasteiger partial charge >= 0.3 is 0 Å². The summed E-state index contributed by atoms with van der Waals surface area (Å²) in [6.45, 7) is 0. The first kappa shape index (κ1) is 4.94. The summed E-state index contributed by atoms with van der Waals surface area (Å²) in [7, 11) is 0. The number of rotatable bonds is 0. The fraction of sp³-hybridized carbons (Fsp3) is 0. The monoisotopic (exact) mass is 134 g/mol. The third kappa shape index (κ3) is 0.715. The molecule has 0 aliphatic carbocycles. The van der Waals surface area contributed by atoms with Crippen molar-refractivity contribution in [2.75, 3.05) is 0 Å². The zero-order valence-corrected chi connectivity index (χ0v) is 5.48. The Morgan fingerprint density at radius 1 is 1.56 bits per heavy atom. The maximum Gasteiger partial charge on any atom is 0.123 e. The van der Waals surface area contributed by atoms with Crippen LogP contribution in [0.25, 0.3) is 10.2 Å². The van der Waals surface area contributed by atoms with Crippen LogP contribution in [0.5, 0.6) is 0 Å². The Hall–Kier alpha value is -0.890. The molecule has 0 atom stereocenters. The first-order valence-corrected chi connectivity index (χ1v) is 3.54. The molecule has 2 rings (SSSR count). The summed E-state index contributed by atoms with van der Waals surface area (Å²) >= 11 is 1.66. The first-order valence-electron chi connectivity index (χ1n) is 2.66. The molecular weight excluding hydrogens is 130 g/mol. The Bertz CT molecular complexity index is 283. The molecule has 2 aromatic rings. The number of nitrogens with zero attached hydrogens (tertiary/aromatic N) is 1. The Morgan fingerprint density at radius 2 is 2.56 bits per heavy atom. The maximum atomic E-state index is 4.10. The molecule has 0 saturated carbocycles. The van der Waals surface area contributed by atoms with Crippen molar-refractivity contribution in [1.82, 2.24) is 4.98 Å². The lowest BCUT2D eigenvalue weighted by Crippen LogP contribution is -1.65. The van der Waals surface area contributed by atoms with Gasteiger partial charge in [0, 0.05) is 17.6 Å². The van der Waals surface area contributed by atoms with E-state index in [1.54, 1.807) is 17.5 Å². The quantitative estimate of drug-likeness (QED) is 0.537. The van der Waals surface area contributed by atoms with Crippen molar-refractivity contribution < 1.29 is 0 Å². The first-order chi connectivity index (χ1) is 4.47. The molecule has 2 heterocycles. The highest BCUT2D eigenvalue weighted by Gasteiger charge is 1.89. The lowest BCUT2D eigenvalue weighted by Gasteiger charge is -1.81. The van der Waals surface area contributed by atoms with E-state index in [-0.39, 0.29) is 0 Å². The van der Waals surface area contributed by atoms with E-state index >= 15 is 0 Å². The molecule has 0 aliphatic rings. The van der Waals surface area contributed by atoms with E-state index in [2.05, 4.69) is 11.1 Å². The van der Waals surface area contributed by atoms with Crippen molar-refractivity contribution in [1.29, 1.82) is 0 Å². The van der Waals surface area contributed by atoms with Gasteiger partial charge in [-0.15, -0.1) is 11.3 Å². The number of hydrogen-bond acceptors (Lipinski definition) is 2. The lowest BCUT2D eigenvalue weighted by atomic mass is 10.4. The summed E-state index contributed by atoms with van der Waals surface area (Å²) < 4.78 is 0. The minimum atomic E-state index is 1.09. The van der Waals surface area contributed by atoms with Crippen LogP contribution in [0.3, 0.4) is 0 Å². The minimum Gasteiger partial charge on any atom is -0.245 e. The molecule has 0 N–H and O–H groups in total. The predicted molar refractivity (Wildman–Crippen MR) is 38.5 cm³/mol. The molecule has 0 aromatic carbocycles. The second kappa shape index (κ2) is 1.81. The van der Waals surface area contributed by atoms with Gasteiger partial charge in [-0.05, 0) is 17.5 Å². The summed E-state index contributed by atoms with van der Waals surface area (Å²) in [5.41, 5.74) is 0. The smallest absolute Gasteiger partial charge is 0.123 e. The summed E-state index contributed by atoms with van der Waals surface area (Å²) in [6.07, 6.45) is 1.69. The van der Waals surface area contributed by atoms with Crippen LogP contribution in [0.4, 0.5) is 0 Å². The highest BCUT2D eigenvalue weighted by atomic mass is 32.1. The highest BCUT2D eigenvalue weighted by Crippen LogP contribution is 2.15. The van der Waals surface area contributed by atoms with Crippen molar-refractivity contribution >= 4 is 21.6 Å². The number of fused-ring (bicyclic) bond motifs is 1. The van der Waals surface area contributed by atoms with Crippen LogP contribution in [0.1, 0.15) is 0 Å². The molecule has 0 saturated heterocycles. The zero-order valence-electron chi connectivity index (χ0n) is 4.66. The number of aromatic nitrogens is 1. The topological polar surface area (TPSA) is 12.9 Å². The molecule has 1 radical (unpaired) electrons. The van der Waals surface area contributed by atoms with E-state index < -0.39 is 0 Å². The van der Waals surface area contributed by atoms with Crippen LogP contribution in [0, 0.1) is 6.07 Å². The summed E-state index contributed by atoms with van der Waals surface area (Å²) in [5, 5.41) is 3.22. The standard InChI is InChI=1S/C7H4NS/c1-2-6-3-5-9-7(6)8-4-1/h2-5H. The van der Waals surface area contributed by atoms with Gasteiger partial charge in [-0.2, -0.15) is 0 Å². The second-order valence-electron chi connectivity index (χ2n) is 1.75. The van der Waals surface area contributed by atoms with Gasteiger partial charge < -0.3 is 0 Å². The van der Waals surface area contributed by atoms with E-state index in [0.29, 0.717) is 0 Å². The second-order valence-corrected chi connectivity index (χ2v) is 2.64. The van der Waals surface area contributed by atoms with Gasteiger partial charge in [0.05, 0.1) is 0 Å². The van der Waals surface area contributed by atoms with Crippen molar-refractivity contribution in [2.45, 2.75) is 0 Å². The maximum absolute atomic E-state index is 4.10. The summed E-state index contributed by atoms with van der Waals surface area (Å²) in [4.78, 5) is 5.20. The largest absolute Gasteiger partial charge is 0.245 e. The molecule has 43 valence electrons. The molecule has 2 aromatic heterocycles. The van der Waals surface area contributed by atoms with Crippen molar-refractivity contribution in [3.8, 4) is 0 Å². The molecule has 0 fully saturated rings. The normalized spacial score (nSPS) is 10.2. The molecular formula is C7H4NS. The zero-order chi connectivity index (χ0) is 6.10. The summed E-state index contributed by atoms with van der Waals surface area (Å²) in [5.74, 6) is 0. The van der Waals surface area contributed by atoms with Crippen LogP contribution in [0.15, 0.2) is 23.7 Å². The lowest BCUT2D eigenvalue weighted by molar-refractivity contribution is 1.44. The third-order valence-corrected chi connectivity index (χ3v) is 2.01. The van der Waals surface area contributed by atoms with E-state index in [9.17, 15) is 0 Å². The Labute approximate surface area is 57.0 Å². The van der Waals surface area contributed by atoms with Gasteiger partial charge in [-0.3, -0.25) is 0 Å². The van der Waals surface area contributed by atoms with E-state index in [1.807, 2.05) is 17.5 Å². The average Bonchev–Trinajstić information content (AvgIpc) is 2.33. The Kier molecular flexibility index (Phi) is 0.993. The van der Waals surface area contributed by atoms with Crippen LogP contribution in [0.2, 0.25) is 0 Å². The van der Waals surface area contributed by atoms with Gasteiger partial charge in [0.2, 0.25) is 0 Å². The van der Waals surface area contributed by atoms with Gasteiger partial charge in [0.1, 0.15) is 4.83 Å². The number of pyridine rings is 1. The minimum absolute atomic E-state index is 1.09. The van der Waals surface area contributed by atoms with Gasteiger partial charge in [0.15, 0.2) is 0 Å². The molecule has 0 bridgehead atoms. The third-order valence-electron chi connectivity index (χ3n) is 1.17. The fourth-order valence-electron chi connectivity index (χ4n) is 0.749. The van der Waals surface area contributed by atoms with Crippen LogP contribution < -0.4 is 0 Å². The summed E-state index contributed by atoms with van der Waals surface area (Å²) in [6, 6.07) is 6.91. The van der Waals surface area contributed by atoms with Crippen LogP contribution in [-0.2, 0) is 0 Å². The number of hydrogen-bond donors (Lipinski definition) is 0. The van der Waals surface area contributed by atoms with Crippen molar-refractivity contribution in [2.24, 2.45) is 0 Å². The average molecular weight is 134 g/mol. The molecule has 0 aliphatic heterocycles. The van der Waals surface area contributed by atoms with Crippen LogP contribution >= 0.6 is 11.3 Å².